The van der Waals surface area contributed by atoms with Crippen molar-refractivity contribution in [3.8, 4) is 50.3 Å². The van der Waals surface area contributed by atoms with Crippen LogP contribution in [0.25, 0.3) is 83.0 Å². The molecule has 0 saturated carbocycles. The van der Waals surface area contributed by atoms with Gasteiger partial charge in [-0.2, -0.15) is 0 Å². The van der Waals surface area contributed by atoms with Gasteiger partial charge in [-0.1, -0.05) is 180 Å². The minimum absolute atomic E-state index is 0.179. The number of pyridine rings is 1. The Morgan fingerprint density at radius 1 is 0.393 bits per heavy atom. The van der Waals surface area contributed by atoms with Gasteiger partial charge in [0.1, 0.15) is 0 Å². The van der Waals surface area contributed by atoms with Gasteiger partial charge in [-0.15, -0.1) is 0 Å². The lowest BCUT2D eigenvalue weighted by atomic mass is 9.32. The number of fused-ring (bicyclic) bond motifs is 16. The first-order valence-electron chi connectivity index (χ1n) is 21.3. The molecule has 2 aromatic heterocycles. The maximum atomic E-state index is 5.22. The maximum Gasteiger partial charge on any atom is 0.243 e. The van der Waals surface area contributed by atoms with Crippen molar-refractivity contribution in [2.75, 3.05) is 0 Å². The number of para-hydroxylation sites is 3. The van der Waals surface area contributed by atoms with Crippen molar-refractivity contribution >= 4 is 55.8 Å². The van der Waals surface area contributed by atoms with Crippen molar-refractivity contribution in [1.82, 2.24) is 9.55 Å². The van der Waals surface area contributed by atoms with Crippen LogP contribution in [0.4, 0.5) is 0 Å². The van der Waals surface area contributed by atoms with Crippen LogP contribution >= 0.6 is 0 Å². The van der Waals surface area contributed by atoms with Crippen LogP contribution in [0.2, 0.25) is 0 Å². The molecular weight excluding hydrogens is 735 g/mol. The van der Waals surface area contributed by atoms with Gasteiger partial charge in [0.25, 0.3) is 0 Å². The predicted molar refractivity (Wildman–Crippen MR) is 254 cm³/mol. The van der Waals surface area contributed by atoms with Crippen LogP contribution in [-0.4, -0.2) is 16.3 Å². The van der Waals surface area contributed by atoms with Gasteiger partial charge in [-0.25, -0.2) is 4.98 Å². The molecule has 3 heteroatoms. The summed E-state index contributed by atoms with van der Waals surface area (Å²) in [5, 5.41) is 3.70. The van der Waals surface area contributed by atoms with Crippen molar-refractivity contribution in [2.24, 2.45) is 0 Å². The van der Waals surface area contributed by atoms with E-state index in [1.807, 2.05) is 0 Å². The van der Waals surface area contributed by atoms with Crippen LogP contribution in [0.5, 0.6) is 0 Å². The highest BCUT2D eigenvalue weighted by Gasteiger charge is 2.54. The molecule has 0 bridgehead atoms. The summed E-state index contributed by atoms with van der Waals surface area (Å²) in [6.07, 6.45) is 0. The summed E-state index contributed by atoms with van der Waals surface area (Å²) in [6, 6.07) is 79.2. The van der Waals surface area contributed by atoms with Gasteiger partial charge < -0.3 is 4.57 Å². The lowest BCUT2D eigenvalue weighted by Gasteiger charge is -2.42. The van der Waals surface area contributed by atoms with Crippen LogP contribution in [0, 0.1) is 0 Å². The summed E-state index contributed by atoms with van der Waals surface area (Å²) in [7, 11) is 0. The molecule has 4 heterocycles. The van der Waals surface area contributed by atoms with Gasteiger partial charge in [-0.3, -0.25) is 0 Å². The molecule has 3 aliphatic rings. The largest absolute Gasteiger partial charge is 0.309 e. The lowest BCUT2D eigenvalue weighted by Crippen LogP contribution is -2.59. The predicted octanol–water partition coefficient (Wildman–Crippen LogP) is 11.8. The van der Waals surface area contributed by atoms with E-state index in [0.29, 0.717) is 0 Å². The van der Waals surface area contributed by atoms with Crippen LogP contribution in [0.15, 0.2) is 212 Å². The van der Waals surface area contributed by atoms with Gasteiger partial charge >= 0.3 is 0 Å². The monoisotopic (exact) mass is 770 g/mol. The Bertz CT molecular complexity index is 3620. The second-order valence-electron chi connectivity index (χ2n) is 17.0. The zero-order valence-corrected chi connectivity index (χ0v) is 33.2. The Morgan fingerprint density at radius 2 is 1.00 bits per heavy atom. The van der Waals surface area contributed by atoms with Crippen LogP contribution < -0.4 is 16.4 Å². The first kappa shape index (κ1) is 33.1. The van der Waals surface area contributed by atoms with Gasteiger partial charge in [-0.05, 0) is 104 Å². The molecule has 1 aliphatic carbocycles. The highest BCUT2D eigenvalue weighted by molar-refractivity contribution is 7.00. The second kappa shape index (κ2) is 12.2. The van der Waals surface area contributed by atoms with E-state index in [1.165, 1.54) is 93.8 Å². The van der Waals surface area contributed by atoms with Crippen LogP contribution in [-0.2, 0) is 5.41 Å². The minimum atomic E-state index is -0.545. The fourth-order valence-electron chi connectivity index (χ4n) is 11.6. The van der Waals surface area contributed by atoms with Crippen LogP contribution in [0.1, 0.15) is 22.3 Å². The standard InChI is InChI=1S/C58H35BN2/c1-8-21-53-37(12-1)28-33-54(60-53)39-27-32-42-41-31-26-38(36-24-29-40(30-25-36)61-55-22-9-3-14-44(55)45-15-4-10-23-56(45)61)34-49(41)58(50(42)35-39)47-17-5-7-20-52(47)59-51-19-6-2-13-43(51)46-16-11-18-48(58)57(46)59/h1-35H. The first-order valence-corrected chi connectivity index (χ1v) is 21.3. The highest BCUT2D eigenvalue weighted by atomic mass is 15.0. The van der Waals surface area contributed by atoms with E-state index in [2.05, 4.69) is 217 Å². The fraction of sp³-hybridized carbons (Fsp3) is 0.0172. The van der Waals surface area contributed by atoms with E-state index in [4.69, 9.17) is 4.98 Å². The average Bonchev–Trinajstić information content (AvgIpc) is 3.95. The van der Waals surface area contributed by atoms with Crippen molar-refractivity contribution in [1.29, 1.82) is 0 Å². The topological polar surface area (TPSA) is 17.8 Å². The molecule has 61 heavy (non-hydrogen) atoms. The maximum absolute atomic E-state index is 5.22. The molecule has 2 aliphatic heterocycles. The molecule has 14 rings (SSSR count). The summed E-state index contributed by atoms with van der Waals surface area (Å²) >= 11 is 0. The number of nitrogens with zero attached hydrogens (tertiary/aromatic N) is 2. The van der Waals surface area contributed by atoms with Crippen molar-refractivity contribution in [3.63, 3.8) is 0 Å². The molecule has 0 saturated heterocycles. The van der Waals surface area contributed by atoms with Crippen LogP contribution in [0.3, 0.4) is 0 Å². The zero-order valence-electron chi connectivity index (χ0n) is 33.2. The molecule has 2 nitrogen and oxygen atoms in total. The molecular formula is C58H35BN2. The van der Waals surface area contributed by atoms with E-state index in [0.717, 1.165) is 27.8 Å². The third-order valence-corrected chi connectivity index (χ3v) is 14.1. The molecule has 1 unspecified atom stereocenters. The van der Waals surface area contributed by atoms with E-state index in [-0.39, 0.29) is 6.71 Å². The molecule has 11 aromatic rings. The summed E-state index contributed by atoms with van der Waals surface area (Å²) in [6.45, 7) is 0.179. The van der Waals surface area contributed by atoms with Gasteiger partial charge in [0, 0.05) is 27.4 Å². The third-order valence-electron chi connectivity index (χ3n) is 14.1. The molecule has 1 spiro atoms. The second-order valence-corrected chi connectivity index (χ2v) is 17.0. The Balaban J connectivity index is 1.01. The van der Waals surface area contributed by atoms with E-state index < -0.39 is 5.41 Å². The Labute approximate surface area is 354 Å². The van der Waals surface area contributed by atoms with Gasteiger partial charge in [0.15, 0.2) is 0 Å². The fourth-order valence-corrected chi connectivity index (χ4v) is 11.6. The Kier molecular flexibility index (Phi) is 6.60. The smallest absolute Gasteiger partial charge is 0.243 e. The molecule has 280 valence electrons. The summed E-state index contributed by atoms with van der Waals surface area (Å²) in [4.78, 5) is 5.22. The van der Waals surface area contributed by atoms with E-state index in [9.17, 15) is 0 Å². The molecule has 0 amide bonds. The molecule has 9 aromatic carbocycles. The SMILES string of the molecule is c1ccc2c(c1)B1c3ccccc3C3(c4cc(-c5ccc(-n6c7ccccc7c7ccccc76)cc5)ccc4-c4ccc(-c5ccc6ccccc6n5)cc43)c3cccc-2c31. The normalized spacial score (nSPS) is 15.2. The molecule has 0 radical (unpaired) electrons. The molecule has 0 N–H and O–H groups in total. The minimum Gasteiger partial charge on any atom is -0.309 e. The average molecular weight is 771 g/mol. The van der Waals surface area contributed by atoms with Crippen molar-refractivity contribution < 1.29 is 0 Å². The number of aromatic nitrogens is 2. The number of hydrogen-bond acceptors (Lipinski definition) is 1. The molecule has 0 fully saturated rings. The number of hydrogen-bond donors (Lipinski definition) is 0. The lowest BCUT2D eigenvalue weighted by molar-refractivity contribution is 0.776. The highest BCUT2D eigenvalue weighted by Crippen LogP contribution is 2.58. The Morgan fingerprint density at radius 3 is 1.80 bits per heavy atom. The van der Waals surface area contributed by atoms with E-state index >= 15 is 0 Å². The van der Waals surface area contributed by atoms with E-state index in [1.54, 1.807) is 0 Å². The summed E-state index contributed by atoms with van der Waals surface area (Å²) in [5.74, 6) is 0. The number of benzene rings is 9. The zero-order chi connectivity index (χ0) is 39.8. The third kappa shape index (κ3) is 4.35. The Hall–Kier alpha value is -7.75. The number of rotatable bonds is 3. The quantitative estimate of drug-likeness (QED) is 0.164. The van der Waals surface area contributed by atoms with Gasteiger partial charge in [0.2, 0.25) is 6.71 Å². The first-order chi connectivity index (χ1) is 30.3. The molecule has 1 atom stereocenters. The summed E-state index contributed by atoms with van der Waals surface area (Å²) < 4.78 is 2.40. The van der Waals surface area contributed by atoms with Gasteiger partial charge in [0.05, 0.1) is 27.7 Å². The van der Waals surface area contributed by atoms with Crippen molar-refractivity contribution in [2.45, 2.75) is 5.41 Å². The van der Waals surface area contributed by atoms with Crippen molar-refractivity contribution in [3.05, 3.63) is 235 Å². The summed E-state index contributed by atoms with van der Waals surface area (Å²) in [5.41, 5.74) is 23.5.